The Morgan fingerprint density at radius 1 is 1.30 bits per heavy atom. The van der Waals surface area contributed by atoms with E-state index in [-0.39, 0.29) is 0 Å². The molecule has 98 valence electrons. The molecule has 5 nitrogen and oxygen atoms in total. The van der Waals surface area contributed by atoms with Crippen molar-refractivity contribution in [2.24, 2.45) is 0 Å². The molecule has 3 aromatic rings. The van der Waals surface area contributed by atoms with E-state index in [1.807, 2.05) is 35.7 Å². The summed E-state index contributed by atoms with van der Waals surface area (Å²) >= 11 is 0. The third kappa shape index (κ3) is 2.19. The Labute approximate surface area is 116 Å². The van der Waals surface area contributed by atoms with E-state index < -0.39 is 0 Å². The molecule has 3 heterocycles. The molecule has 3 rings (SSSR count). The van der Waals surface area contributed by atoms with Crippen LogP contribution >= 0.6 is 0 Å². The van der Waals surface area contributed by atoms with Gasteiger partial charge in [-0.25, -0.2) is 9.97 Å². The maximum absolute atomic E-state index is 9.02. The standard InChI is InChI=1S/C15H13N5/c1-11-4-2-6-14-19-13(10-20(11)14)9-18-15-12(8-16)5-3-7-17-15/h2-7,10H,9H2,1H3,(H,17,18). The molecule has 5 heteroatoms. The molecule has 0 spiro atoms. The Balaban J connectivity index is 1.84. The van der Waals surface area contributed by atoms with Crippen LogP contribution in [0.5, 0.6) is 0 Å². The van der Waals surface area contributed by atoms with Crippen LogP contribution in [0.1, 0.15) is 17.0 Å². The van der Waals surface area contributed by atoms with Gasteiger partial charge >= 0.3 is 0 Å². The number of aryl methyl sites for hydroxylation is 1. The van der Waals surface area contributed by atoms with E-state index in [1.54, 1.807) is 18.3 Å². The minimum atomic E-state index is 0.535. The zero-order chi connectivity index (χ0) is 13.9. The average molecular weight is 263 g/mol. The number of hydrogen-bond acceptors (Lipinski definition) is 4. The summed E-state index contributed by atoms with van der Waals surface area (Å²) in [4.78, 5) is 8.70. The Morgan fingerprint density at radius 2 is 2.20 bits per heavy atom. The maximum atomic E-state index is 9.02. The van der Waals surface area contributed by atoms with Gasteiger partial charge in [0.05, 0.1) is 17.8 Å². The van der Waals surface area contributed by atoms with Gasteiger partial charge in [-0.15, -0.1) is 0 Å². The first-order valence-corrected chi connectivity index (χ1v) is 6.30. The molecule has 0 unspecified atom stereocenters. The molecule has 0 aliphatic carbocycles. The summed E-state index contributed by atoms with van der Waals surface area (Å²) < 4.78 is 2.04. The fraction of sp³-hybridized carbons (Fsp3) is 0.133. The number of nitrogens with one attached hydrogen (secondary N) is 1. The number of fused-ring (bicyclic) bond motifs is 1. The number of anilines is 1. The predicted octanol–water partition coefficient (Wildman–Crippen LogP) is 2.52. The lowest BCUT2D eigenvalue weighted by Gasteiger charge is -2.04. The van der Waals surface area contributed by atoms with Crippen LogP contribution in [-0.4, -0.2) is 14.4 Å². The molecular formula is C15H13N5. The second-order valence-electron chi connectivity index (χ2n) is 4.49. The third-order valence-corrected chi connectivity index (χ3v) is 3.11. The number of pyridine rings is 2. The Bertz CT molecular complexity index is 797. The highest BCUT2D eigenvalue weighted by molar-refractivity contribution is 5.51. The number of aromatic nitrogens is 3. The monoisotopic (exact) mass is 263 g/mol. The summed E-state index contributed by atoms with van der Waals surface area (Å²) in [6.07, 6.45) is 3.66. The van der Waals surface area contributed by atoms with Gasteiger partial charge in [0.1, 0.15) is 17.5 Å². The van der Waals surface area contributed by atoms with Gasteiger partial charge in [0.15, 0.2) is 0 Å². The van der Waals surface area contributed by atoms with E-state index in [0.717, 1.165) is 17.0 Å². The van der Waals surface area contributed by atoms with Crippen molar-refractivity contribution < 1.29 is 0 Å². The highest BCUT2D eigenvalue weighted by Gasteiger charge is 2.05. The van der Waals surface area contributed by atoms with Crippen molar-refractivity contribution in [1.82, 2.24) is 14.4 Å². The largest absolute Gasteiger partial charge is 0.363 e. The van der Waals surface area contributed by atoms with Gasteiger partial charge < -0.3 is 9.72 Å². The van der Waals surface area contributed by atoms with Gasteiger partial charge in [-0.3, -0.25) is 0 Å². The summed E-state index contributed by atoms with van der Waals surface area (Å²) in [5.74, 6) is 0.587. The first kappa shape index (κ1) is 12.2. The lowest BCUT2D eigenvalue weighted by atomic mass is 10.3. The SMILES string of the molecule is Cc1cccc2nc(CNc3ncccc3C#N)cn12. The van der Waals surface area contributed by atoms with E-state index in [0.29, 0.717) is 17.9 Å². The van der Waals surface area contributed by atoms with Crippen LogP contribution < -0.4 is 5.32 Å². The molecule has 20 heavy (non-hydrogen) atoms. The number of rotatable bonds is 3. The topological polar surface area (TPSA) is 66.0 Å². The van der Waals surface area contributed by atoms with Crippen molar-refractivity contribution >= 4 is 11.5 Å². The van der Waals surface area contributed by atoms with Crippen molar-refractivity contribution in [2.75, 3.05) is 5.32 Å². The van der Waals surface area contributed by atoms with Crippen LogP contribution in [0.25, 0.3) is 5.65 Å². The maximum Gasteiger partial charge on any atom is 0.144 e. The Kier molecular flexibility index (Phi) is 3.05. The number of imidazole rings is 1. The minimum Gasteiger partial charge on any atom is -0.363 e. The Morgan fingerprint density at radius 3 is 3.00 bits per heavy atom. The molecule has 0 bridgehead atoms. The lowest BCUT2D eigenvalue weighted by molar-refractivity contribution is 1.05. The van der Waals surface area contributed by atoms with E-state index in [9.17, 15) is 0 Å². The number of nitriles is 1. The molecule has 0 saturated heterocycles. The summed E-state index contributed by atoms with van der Waals surface area (Å²) in [6.45, 7) is 2.57. The third-order valence-electron chi connectivity index (χ3n) is 3.11. The van der Waals surface area contributed by atoms with Crippen LogP contribution in [0.15, 0.2) is 42.7 Å². The van der Waals surface area contributed by atoms with Gasteiger partial charge in [-0.05, 0) is 31.2 Å². The second-order valence-corrected chi connectivity index (χ2v) is 4.49. The molecule has 0 amide bonds. The molecule has 0 atom stereocenters. The van der Waals surface area contributed by atoms with Crippen LogP contribution in [0.4, 0.5) is 5.82 Å². The zero-order valence-electron chi connectivity index (χ0n) is 11.0. The van der Waals surface area contributed by atoms with Crippen molar-refractivity contribution in [3.8, 4) is 6.07 Å². The van der Waals surface area contributed by atoms with Gasteiger partial charge in [0.25, 0.3) is 0 Å². The first-order valence-electron chi connectivity index (χ1n) is 6.30. The highest BCUT2D eigenvalue weighted by Crippen LogP contribution is 2.13. The zero-order valence-corrected chi connectivity index (χ0v) is 11.0. The highest BCUT2D eigenvalue weighted by atomic mass is 15.0. The van der Waals surface area contributed by atoms with E-state index in [4.69, 9.17) is 5.26 Å². The minimum absolute atomic E-state index is 0.535. The van der Waals surface area contributed by atoms with Crippen molar-refractivity contribution in [3.63, 3.8) is 0 Å². The van der Waals surface area contributed by atoms with E-state index in [2.05, 4.69) is 21.4 Å². The van der Waals surface area contributed by atoms with Gasteiger partial charge in [0.2, 0.25) is 0 Å². The molecule has 1 N–H and O–H groups in total. The summed E-state index contributed by atoms with van der Waals surface area (Å²) in [5, 5.41) is 12.2. The van der Waals surface area contributed by atoms with Crippen molar-refractivity contribution in [3.05, 3.63) is 59.7 Å². The molecular weight excluding hydrogens is 250 g/mol. The molecule has 0 fully saturated rings. The van der Waals surface area contributed by atoms with Crippen LogP contribution in [0.2, 0.25) is 0 Å². The fourth-order valence-corrected chi connectivity index (χ4v) is 2.09. The number of hydrogen-bond donors (Lipinski definition) is 1. The molecule has 0 aliphatic heterocycles. The summed E-state index contributed by atoms with van der Waals surface area (Å²) in [5.41, 5.74) is 3.50. The van der Waals surface area contributed by atoms with Crippen LogP contribution in [0, 0.1) is 18.3 Å². The van der Waals surface area contributed by atoms with Gasteiger partial charge in [-0.1, -0.05) is 6.07 Å². The molecule has 0 saturated carbocycles. The second kappa shape index (κ2) is 5.02. The van der Waals surface area contributed by atoms with Crippen LogP contribution in [0.3, 0.4) is 0 Å². The lowest BCUT2D eigenvalue weighted by Crippen LogP contribution is -2.03. The Hall–Kier alpha value is -2.87. The van der Waals surface area contributed by atoms with Crippen molar-refractivity contribution in [2.45, 2.75) is 13.5 Å². The van der Waals surface area contributed by atoms with E-state index >= 15 is 0 Å². The first-order chi connectivity index (χ1) is 9.78. The van der Waals surface area contributed by atoms with Gasteiger partial charge in [-0.2, -0.15) is 5.26 Å². The smallest absolute Gasteiger partial charge is 0.144 e. The normalized spacial score (nSPS) is 10.4. The number of nitrogens with zero attached hydrogens (tertiary/aromatic N) is 4. The summed E-state index contributed by atoms with van der Waals surface area (Å²) in [7, 11) is 0. The molecule has 0 aromatic carbocycles. The van der Waals surface area contributed by atoms with Crippen LogP contribution in [-0.2, 0) is 6.54 Å². The predicted molar refractivity (Wildman–Crippen MR) is 76.2 cm³/mol. The average Bonchev–Trinajstić information content (AvgIpc) is 2.90. The molecule has 3 aromatic heterocycles. The molecule has 0 radical (unpaired) electrons. The van der Waals surface area contributed by atoms with Crippen molar-refractivity contribution in [1.29, 1.82) is 5.26 Å². The summed E-state index contributed by atoms with van der Waals surface area (Å²) in [6, 6.07) is 11.6. The quantitative estimate of drug-likeness (QED) is 0.788. The molecule has 0 aliphatic rings. The van der Waals surface area contributed by atoms with Gasteiger partial charge in [0, 0.05) is 18.1 Å². The fourth-order valence-electron chi connectivity index (χ4n) is 2.09. The van der Waals surface area contributed by atoms with E-state index in [1.165, 1.54) is 0 Å².